The number of thioether (sulfide) groups is 1. The van der Waals surface area contributed by atoms with Crippen LogP contribution in [0.2, 0.25) is 0 Å². The van der Waals surface area contributed by atoms with Crippen LogP contribution in [0.15, 0.2) is 54.6 Å². The number of amides is 4. The summed E-state index contributed by atoms with van der Waals surface area (Å²) in [6, 6.07) is 12.7. The molecular weight excluding hydrogens is 507 g/mol. The molecule has 0 aliphatic heterocycles. The van der Waals surface area contributed by atoms with Crippen molar-refractivity contribution in [2.45, 2.75) is 57.8 Å². The van der Waals surface area contributed by atoms with Crippen molar-refractivity contribution < 1.29 is 23.6 Å². The van der Waals surface area contributed by atoms with Crippen molar-refractivity contribution in [1.29, 1.82) is 0 Å². The second-order valence-electron chi connectivity index (χ2n) is 9.37. The van der Waals surface area contributed by atoms with E-state index in [0.29, 0.717) is 30.6 Å². The number of halogens is 1. The van der Waals surface area contributed by atoms with Crippen molar-refractivity contribution in [2.75, 3.05) is 12.0 Å². The number of rotatable bonds is 16. The van der Waals surface area contributed by atoms with Crippen LogP contribution in [0.1, 0.15) is 37.8 Å². The largest absolute Gasteiger partial charge is 0.350 e. The predicted molar refractivity (Wildman–Crippen MR) is 148 cm³/mol. The summed E-state index contributed by atoms with van der Waals surface area (Å²) in [6.07, 6.45) is 3.33. The molecular formula is C28H37FN4O4S. The van der Waals surface area contributed by atoms with Crippen molar-refractivity contribution in [3.63, 3.8) is 0 Å². The molecule has 0 saturated carbocycles. The zero-order chi connectivity index (χ0) is 27.9. The van der Waals surface area contributed by atoms with Gasteiger partial charge in [0.25, 0.3) is 0 Å². The van der Waals surface area contributed by atoms with E-state index in [1.165, 1.54) is 6.07 Å². The molecule has 0 radical (unpaired) electrons. The number of hydrogen-bond acceptors (Lipinski definition) is 5. The Morgan fingerprint density at radius 3 is 2.16 bits per heavy atom. The SMILES string of the molecule is CSCC[C@H](NC=O)C(=O)N[C@H](CC(C)C)C(=O)N[C@@H](Cc1ccccc1)C(=O)NCc1ccccc1F. The second-order valence-corrected chi connectivity index (χ2v) is 10.4. The average Bonchev–Trinajstić information content (AvgIpc) is 2.89. The maximum atomic E-state index is 14.1. The Balaban J connectivity index is 2.19. The summed E-state index contributed by atoms with van der Waals surface area (Å²) in [6.45, 7) is 3.81. The molecule has 4 amide bonds. The van der Waals surface area contributed by atoms with Crippen LogP contribution in [0.4, 0.5) is 4.39 Å². The molecule has 0 unspecified atom stereocenters. The number of benzene rings is 2. The average molecular weight is 545 g/mol. The highest BCUT2D eigenvalue weighted by Crippen LogP contribution is 2.10. The third-order valence-electron chi connectivity index (χ3n) is 5.86. The first-order valence-electron chi connectivity index (χ1n) is 12.6. The van der Waals surface area contributed by atoms with E-state index >= 15 is 0 Å². The van der Waals surface area contributed by atoms with Gasteiger partial charge in [-0.3, -0.25) is 19.2 Å². The molecule has 2 aromatic carbocycles. The summed E-state index contributed by atoms with van der Waals surface area (Å²) in [4.78, 5) is 50.5. The van der Waals surface area contributed by atoms with Gasteiger partial charge in [0.15, 0.2) is 0 Å². The van der Waals surface area contributed by atoms with Gasteiger partial charge in [0, 0.05) is 18.5 Å². The smallest absolute Gasteiger partial charge is 0.243 e. The minimum atomic E-state index is -0.955. The second kappa shape index (κ2) is 16.4. The Hall–Kier alpha value is -3.40. The molecule has 10 heteroatoms. The highest BCUT2D eigenvalue weighted by molar-refractivity contribution is 7.98. The van der Waals surface area contributed by atoms with Gasteiger partial charge < -0.3 is 21.3 Å². The molecule has 0 bridgehead atoms. The fraction of sp³-hybridized carbons (Fsp3) is 0.429. The van der Waals surface area contributed by atoms with Crippen LogP contribution in [0, 0.1) is 11.7 Å². The Kier molecular flexibility index (Phi) is 13.3. The first-order valence-corrected chi connectivity index (χ1v) is 14.0. The molecule has 3 atom stereocenters. The fourth-order valence-electron chi connectivity index (χ4n) is 3.86. The summed E-state index contributed by atoms with van der Waals surface area (Å²) in [5.41, 5.74) is 1.16. The quantitative estimate of drug-likeness (QED) is 0.243. The topological polar surface area (TPSA) is 116 Å². The van der Waals surface area contributed by atoms with E-state index in [-0.39, 0.29) is 18.9 Å². The Morgan fingerprint density at radius 1 is 0.895 bits per heavy atom. The number of carbonyl (C=O) groups is 4. The summed E-state index contributed by atoms with van der Waals surface area (Å²) in [5.74, 6) is -1.16. The summed E-state index contributed by atoms with van der Waals surface area (Å²) in [5, 5.41) is 10.8. The maximum absolute atomic E-state index is 14.1. The van der Waals surface area contributed by atoms with Crippen LogP contribution in [0.3, 0.4) is 0 Å². The molecule has 4 N–H and O–H groups in total. The molecule has 2 rings (SSSR count). The zero-order valence-electron chi connectivity index (χ0n) is 22.0. The molecule has 0 spiro atoms. The lowest BCUT2D eigenvalue weighted by atomic mass is 10.0. The van der Waals surface area contributed by atoms with Crippen LogP contribution in [-0.4, -0.2) is 54.3 Å². The maximum Gasteiger partial charge on any atom is 0.243 e. The molecule has 0 heterocycles. The lowest BCUT2D eigenvalue weighted by molar-refractivity contribution is -0.133. The third kappa shape index (κ3) is 10.5. The minimum absolute atomic E-state index is 0.0344. The van der Waals surface area contributed by atoms with Gasteiger partial charge >= 0.3 is 0 Å². The lowest BCUT2D eigenvalue weighted by Crippen LogP contribution is -2.57. The van der Waals surface area contributed by atoms with Gasteiger partial charge in [-0.1, -0.05) is 62.4 Å². The number of hydrogen-bond donors (Lipinski definition) is 4. The van der Waals surface area contributed by atoms with Crippen molar-refractivity contribution in [3.05, 3.63) is 71.5 Å². The van der Waals surface area contributed by atoms with Crippen molar-refractivity contribution >= 4 is 35.9 Å². The molecule has 0 saturated heterocycles. The van der Waals surface area contributed by atoms with Gasteiger partial charge in [-0.2, -0.15) is 11.8 Å². The Labute approximate surface area is 227 Å². The third-order valence-corrected chi connectivity index (χ3v) is 6.51. The summed E-state index contributed by atoms with van der Waals surface area (Å²) >= 11 is 1.54. The van der Waals surface area contributed by atoms with E-state index in [9.17, 15) is 23.6 Å². The van der Waals surface area contributed by atoms with Crippen LogP contribution in [-0.2, 0) is 32.1 Å². The zero-order valence-corrected chi connectivity index (χ0v) is 22.9. The lowest BCUT2D eigenvalue weighted by Gasteiger charge is -2.26. The van der Waals surface area contributed by atoms with Gasteiger partial charge in [0.1, 0.15) is 23.9 Å². The van der Waals surface area contributed by atoms with Gasteiger partial charge in [-0.25, -0.2) is 4.39 Å². The molecule has 2 aromatic rings. The molecule has 0 aliphatic carbocycles. The van der Waals surface area contributed by atoms with E-state index in [1.54, 1.807) is 30.0 Å². The monoisotopic (exact) mass is 544 g/mol. The van der Waals surface area contributed by atoms with Crippen LogP contribution < -0.4 is 21.3 Å². The highest BCUT2D eigenvalue weighted by atomic mass is 32.2. The molecule has 0 aliphatic rings. The van der Waals surface area contributed by atoms with Crippen molar-refractivity contribution in [2.24, 2.45) is 5.92 Å². The van der Waals surface area contributed by atoms with E-state index in [4.69, 9.17) is 0 Å². The first kappa shape index (κ1) is 30.8. The van der Waals surface area contributed by atoms with Gasteiger partial charge in [0.05, 0.1) is 0 Å². The predicted octanol–water partition coefficient (Wildman–Crippen LogP) is 2.57. The van der Waals surface area contributed by atoms with E-state index in [2.05, 4.69) is 21.3 Å². The fourth-order valence-corrected chi connectivity index (χ4v) is 4.33. The van der Waals surface area contributed by atoms with Crippen molar-refractivity contribution in [1.82, 2.24) is 21.3 Å². The van der Waals surface area contributed by atoms with Crippen LogP contribution >= 0.6 is 11.8 Å². The number of nitrogens with one attached hydrogen (secondary N) is 4. The number of carbonyl (C=O) groups excluding carboxylic acids is 4. The van der Waals surface area contributed by atoms with Crippen LogP contribution in [0.5, 0.6) is 0 Å². The normalized spacial score (nSPS) is 13.2. The molecule has 0 fully saturated rings. The minimum Gasteiger partial charge on any atom is -0.350 e. The van der Waals surface area contributed by atoms with Gasteiger partial charge in [-0.15, -0.1) is 0 Å². The van der Waals surface area contributed by atoms with Crippen molar-refractivity contribution in [3.8, 4) is 0 Å². The van der Waals surface area contributed by atoms with E-state index in [1.807, 2.05) is 50.4 Å². The highest BCUT2D eigenvalue weighted by Gasteiger charge is 2.29. The Morgan fingerprint density at radius 2 is 1.53 bits per heavy atom. The molecule has 38 heavy (non-hydrogen) atoms. The van der Waals surface area contributed by atoms with Crippen LogP contribution in [0.25, 0.3) is 0 Å². The Bertz CT molecular complexity index is 1050. The van der Waals surface area contributed by atoms with E-state index < -0.39 is 41.7 Å². The summed E-state index contributed by atoms with van der Waals surface area (Å²) in [7, 11) is 0. The molecule has 206 valence electrons. The van der Waals surface area contributed by atoms with E-state index in [0.717, 1.165) is 5.56 Å². The first-order chi connectivity index (χ1) is 18.2. The van der Waals surface area contributed by atoms with Gasteiger partial charge in [0.2, 0.25) is 24.1 Å². The standard InChI is InChI=1S/C28H37FN4O4S/c1-19(2)15-24(32-27(36)23(31-18-34)13-14-38-3)28(37)33-25(16-20-9-5-4-6-10-20)26(35)30-17-21-11-7-8-12-22(21)29/h4-12,18-19,23-25H,13-17H2,1-3H3,(H,30,35)(H,31,34)(H,32,36)(H,33,37)/t23-,24+,25-/m0/s1. The molecule has 0 aromatic heterocycles. The van der Waals surface area contributed by atoms with Gasteiger partial charge in [-0.05, 0) is 42.4 Å². The summed E-state index contributed by atoms with van der Waals surface area (Å²) < 4.78 is 14.1. The molecule has 8 nitrogen and oxygen atoms in total.